The van der Waals surface area contributed by atoms with Crippen LogP contribution in [0.25, 0.3) is 0 Å². The molecule has 6 heteroatoms. The molecular weight excluding hydrogens is 273 g/mol. The molecule has 2 rings (SSSR count). The topological polar surface area (TPSA) is 49.8 Å². The number of carboxylic acid groups (broad SMARTS) is 1. The predicted octanol–water partition coefficient (Wildman–Crippen LogP) is 2.03. The fourth-order valence-electron chi connectivity index (χ4n) is 2.06. The van der Waals surface area contributed by atoms with Gasteiger partial charge in [0, 0.05) is 13.1 Å². The van der Waals surface area contributed by atoms with Crippen LogP contribution in [0.5, 0.6) is 5.75 Å². The molecule has 1 aliphatic rings. The Morgan fingerprint density at radius 2 is 2.11 bits per heavy atom. The van der Waals surface area contributed by atoms with Crippen LogP contribution in [0.1, 0.15) is 6.42 Å². The molecule has 1 heterocycles. The Morgan fingerprint density at radius 3 is 2.68 bits per heavy atom. The van der Waals surface area contributed by atoms with E-state index in [1.165, 1.54) is 12.1 Å². The molecular formula is C13H17ClFNO3. The minimum atomic E-state index is -0.725. The molecule has 1 aromatic carbocycles. The molecule has 1 N–H and O–H groups in total. The summed E-state index contributed by atoms with van der Waals surface area (Å²) in [5.41, 5.74) is 0. The monoisotopic (exact) mass is 289 g/mol. The largest absolute Gasteiger partial charge is 0.492 e. The van der Waals surface area contributed by atoms with Gasteiger partial charge in [-0.1, -0.05) is 0 Å². The second-order valence-corrected chi connectivity index (χ2v) is 4.43. The van der Waals surface area contributed by atoms with Crippen molar-refractivity contribution in [3.05, 3.63) is 30.1 Å². The normalized spacial score (nSPS) is 18.9. The summed E-state index contributed by atoms with van der Waals surface area (Å²) in [6.45, 7) is 2.56. The van der Waals surface area contributed by atoms with Crippen molar-refractivity contribution in [3.63, 3.8) is 0 Å². The maximum atomic E-state index is 12.7. The zero-order chi connectivity index (χ0) is 13.0. The van der Waals surface area contributed by atoms with Crippen LogP contribution in [-0.4, -0.2) is 42.2 Å². The third kappa shape index (κ3) is 4.69. The van der Waals surface area contributed by atoms with Crippen molar-refractivity contribution < 1.29 is 19.0 Å². The Kier molecular flexibility index (Phi) is 6.05. The highest BCUT2D eigenvalue weighted by molar-refractivity contribution is 5.85. The number of hydrogen-bond donors (Lipinski definition) is 1. The maximum absolute atomic E-state index is 12.7. The van der Waals surface area contributed by atoms with E-state index in [2.05, 4.69) is 4.90 Å². The molecule has 0 saturated carbocycles. The second kappa shape index (κ2) is 7.31. The first kappa shape index (κ1) is 15.7. The van der Waals surface area contributed by atoms with Gasteiger partial charge in [0.1, 0.15) is 18.2 Å². The smallest absolute Gasteiger partial charge is 0.307 e. The third-order valence-corrected chi connectivity index (χ3v) is 3.11. The SMILES string of the molecule is Cl.O=C(O)C1CCN(CCOc2ccc(F)cc2)C1. The molecule has 0 spiro atoms. The zero-order valence-electron chi connectivity index (χ0n) is 10.4. The fraction of sp³-hybridized carbons (Fsp3) is 0.462. The van der Waals surface area contributed by atoms with Gasteiger partial charge in [-0.3, -0.25) is 9.69 Å². The van der Waals surface area contributed by atoms with Crippen LogP contribution in [-0.2, 0) is 4.79 Å². The highest BCUT2D eigenvalue weighted by Gasteiger charge is 2.27. The van der Waals surface area contributed by atoms with E-state index in [9.17, 15) is 9.18 Å². The first-order valence-electron chi connectivity index (χ1n) is 5.98. The van der Waals surface area contributed by atoms with Gasteiger partial charge in [0.25, 0.3) is 0 Å². The molecule has 0 aromatic heterocycles. The number of rotatable bonds is 5. The number of likely N-dealkylation sites (tertiary alicyclic amines) is 1. The summed E-state index contributed by atoms with van der Waals surface area (Å²) in [6, 6.07) is 5.87. The van der Waals surface area contributed by atoms with Crippen LogP contribution in [0.4, 0.5) is 4.39 Å². The highest BCUT2D eigenvalue weighted by Crippen LogP contribution is 2.16. The van der Waals surface area contributed by atoms with Crippen molar-refractivity contribution in [2.45, 2.75) is 6.42 Å². The van der Waals surface area contributed by atoms with Crippen LogP contribution >= 0.6 is 12.4 Å². The number of nitrogens with zero attached hydrogens (tertiary/aromatic N) is 1. The Bertz CT molecular complexity index is 413. The summed E-state index contributed by atoms with van der Waals surface area (Å²) in [5.74, 6) is -0.635. The first-order valence-corrected chi connectivity index (χ1v) is 5.98. The number of hydrogen-bond acceptors (Lipinski definition) is 3. The summed E-state index contributed by atoms with van der Waals surface area (Å²) in [5, 5.41) is 8.87. The van der Waals surface area contributed by atoms with E-state index in [-0.39, 0.29) is 24.1 Å². The molecule has 0 amide bonds. The van der Waals surface area contributed by atoms with Crippen LogP contribution in [0, 0.1) is 11.7 Å². The summed E-state index contributed by atoms with van der Waals surface area (Å²) in [4.78, 5) is 12.9. The molecule has 1 unspecified atom stereocenters. The highest BCUT2D eigenvalue weighted by atomic mass is 35.5. The molecule has 1 aromatic rings. The quantitative estimate of drug-likeness (QED) is 0.901. The van der Waals surface area contributed by atoms with Crippen LogP contribution in [0.15, 0.2) is 24.3 Å². The lowest BCUT2D eigenvalue weighted by Gasteiger charge is -2.15. The van der Waals surface area contributed by atoms with Gasteiger partial charge in [0.05, 0.1) is 5.92 Å². The molecule has 0 aliphatic carbocycles. The summed E-state index contributed by atoms with van der Waals surface area (Å²) < 4.78 is 18.1. The molecule has 1 fully saturated rings. The van der Waals surface area contributed by atoms with E-state index in [4.69, 9.17) is 9.84 Å². The lowest BCUT2D eigenvalue weighted by molar-refractivity contribution is -0.141. The number of carboxylic acids is 1. The zero-order valence-corrected chi connectivity index (χ0v) is 11.2. The Morgan fingerprint density at radius 1 is 1.42 bits per heavy atom. The molecule has 4 nitrogen and oxygen atoms in total. The molecule has 1 atom stereocenters. The van der Waals surface area contributed by atoms with Gasteiger partial charge >= 0.3 is 5.97 Å². The summed E-state index contributed by atoms with van der Waals surface area (Å²) in [7, 11) is 0. The van der Waals surface area contributed by atoms with Crippen LogP contribution in [0.2, 0.25) is 0 Å². The van der Waals surface area contributed by atoms with Crippen molar-refractivity contribution in [3.8, 4) is 5.75 Å². The van der Waals surface area contributed by atoms with Gasteiger partial charge in [-0.25, -0.2) is 4.39 Å². The van der Waals surface area contributed by atoms with Gasteiger partial charge in [-0.2, -0.15) is 0 Å². The summed E-state index contributed by atoms with van der Waals surface area (Å²) >= 11 is 0. The van der Waals surface area contributed by atoms with Gasteiger partial charge in [-0.05, 0) is 37.2 Å². The average Bonchev–Trinajstić information content (AvgIpc) is 2.81. The van der Waals surface area contributed by atoms with Crippen molar-refractivity contribution >= 4 is 18.4 Å². The number of benzene rings is 1. The number of ether oxygens (including phenoxy) is 1. The second-order valence-electron chi connectivity index (χ2n) is 4.43. The standard InChI is InChI=1S/C13H16FNO3.ClH/c14-11-1-3-12(4-2-11)18-8-7-15-6-5-10(9-15)13(16)17;/h1-4,10H,5-9H2,(H,16,17);1H. The average molecular weight is 290 g/mol. The van der Waals surface area contributed by atoms with E-state index in [1.54, 1.807) is 12.1 Å². The molecule has 0 radical (unpaired) electrons. The summed E-state index contributed by atoms with van der Waals surface area (Å²) in [6.07, 6.45) is 0.700. The van der Waals surface area contributed by atoms with Gasteiger partial charge in [0.2, 0.25) is 0 Å². The van der Waals surface area contributed by atoms with Gasteiger partial charge < -0.3 is 9.84 Å². The number of aliphatic carboxylic acids is 1. The maximum Gasteiger partial charge on any atom is 0.307 e. The van der Waals surface area contributed by atoms with Crippen molar-refractivity contribution in [2.24, 2.45) is 5.92 Å². The van der Waals surface area contributed by atoms with Gasteiger partial charge in [0.15, 0.2) is 0 Å². The lowest BCUT2D eigenvalue weighted by Crippen LogP contribution is -2.27. The Balaban J connectivity index is 0.00000180. The minimum absolute atomic E-state index is 0. The molecule has 1 saturated heterocycles. The fourth-order valence-corrected chi connectivity index (χ4v) is 2.06. The van der Waals surface area contributed by atoms with Crippen LogP contribution in [0.3, 0.4) is 0 Å². The van der Waals surface area contributed by atoms with E-state index in [0.29, 0.717) is 31.9 Å². The van der Waals surface area contributed by atoms with Crippen molar-refractivity contribution in [2.75, 3.05) is 26.2 Å². The van der Waals surface area contributed by atoms with E-state index in [1.807, 2.05) is 0 Å². The first-order chi connectivity index (χ1) is 8.65. The molecule has 19 heavy (non-hydrogen) atoms. The number of carbonyl (C=O) groups is 1. The molecule has 106 valence electrons. The third-order valence-electron chi connectivity index (χ3n) is 3.11. The van der Waals surface area contributed by atoms with E-state index in [0.717, 1.165) is 6.54 Å². The lowest BCUT2D eigenvalue weighted by atomic mass is 10.1. The Labute approximate surface area is 117 Å². The molecule has 1 aliphatic heterocycles. The minimum Gasteiger partial charge on any atom is -0.492 e. The van der Waals surface area contributed by atoms with Crippen molar-refractivity contribution in [1.82, 2.24) is 4.90 Å². The van der Waals surface area contributed by atoms with E-state index < -0.39 is 5.97 Å². The predicted molar refractivity (Wildman–Crippen MR) is 71.3 cm³/mol. The Hall–Kier alpha value is -1.33. The van der Waals surface area contributed by atoms with Crippen LogP contribution < -0.4 is 4.74 Å². The number of halogens is 2. The van der Waals surface area contributed by atoms with Crippen molar-refractivity contribution in [1.29, 1.82) is 0 Å². The van der Waals surface area contributed by atoms with Gasteiger partial charge in [-0.15, -0.1) is 12.4 Å². The van der Waals surface area contributed by atoms with E-state index >= 15 is 0 Å². The molecule has 0 bridgehead atoms.